The van der Waals surface area contributed by atoms with Gasteiger partial charge in [-0.15, -0.1) is 0 Å². The van der Waals surface area contributed by atoms with Crippen molar-refractivity contribution < 1.29 is 13.9 Å². The molecule has 0 aromatic heterocycles. The molecule has 5 heteroatoms. The quantitative estimate of drug-likeness (QED) is 0.866. The SMILES string of the molecule is CC(C)(Oc1ccc(F)cc1Cl)C(N)=O. The predicted molar refractivity (Wildman–Crippen MR) is 55.3 cm³/mol. The van der Waals surface area contributed by atoms with Gasteiger partial charge in [0.15, 0.2) is 5.60 Å². The summed E-state index contributed by atoms with van der Waals surface area (Å²) in [6.45, 7) is 3.02. The summed E-state index contributed by atoms with van der Waals surface area (Å²) in [5, 5.41) is 0.101. The Bertz CT molecular complexity index is 393. The molecule has 0 unspecified atom stereocenters. The molecule has 1 aromatic rings. The second kappa shape index (κ2) is 4.06. The molecular formula is C10H11ClFNO2. The first-order chi connectivity index (χ1) is 6.83. The number of rotatable bonds is 3. The lowest BCUT2D eigenvalue weighted by Crippen LogP contribution is -2.43. The molecule has 3 nitrogen and oxygen atoms in total. The van der Waals surface area contributed by atoms with Gasteiger partial charge in [0, 0.05) is 0 Å². The second-order valence-corrected chi connectivity index (χ2v) is 3.96. The molecule has 0 heterocycles. The average molecular weight is 232 g/mol. The van der Waals surface area contributed by atoms with Gasteiger partial charge in [-0.2, -0.15) is 0 Å². The van der Waals surface area contributed by atoms with Crippen LogP contribution in [0.5, 0.6) is 5.75 Å². The molecule has 1 rings (SSSR count). The summed E-state index contributed by atoms with van der Waals surface area (Å²) in [7, 11) is 0. The van der Waals surface area contributed by atoms with Gasteiger partial charge in [0.2, 0.25) is 0 Å². The molecule has 2 N–H and O–H groups in total. The number of amides is 1. The largest absolute Gasteiger partial charge is 0.476 e. The first kappa shape index (κ1) is 11.8. The molecule has 0 bridgehead atoms. The van der Waals surface area contributed by atoms with Crippen molar-refractivity contribution >= 4 is 17.5 Å². The minimum absolute atomic E-state index is 0.101. The van der Waals surface area contributed by atoms with E-state index in [2.05, 4.69) is 0 Å². The molecule has 0 spiro atoms. The van der Waals surface area contributed by atoms with E-state index in [4.69, 9.17) is 22.1 Å². The Hall–Kier alpha value is -1.29. The summed E-state index contributed by atoms with van der Waals surface area (Å²) >= 11 is 5.72. The van der Waals surface area contributed by atoms with Crippen molar-refractivity contribution in [2.24, 2.45) is 5.73 Å². The van der Waals surface area contributed by atoms with Gasteiger partial charge < -0.3 is 10.5 Å². The third kappa shape index (κ3) is 2.83. The summed E-state index contributed by atoms with van der Waals surface area (Å²) in [6.07, 6.45) is 0. The van der Waals surface area contributed by atoms with Crippen molar-refractivity contribution in [2.45, 2.75) is 19.4 Å². The fourth-order valence-electron chi connectivity index (χ4n) is 0.883. The molecule has 0 aliphatic carbocycles. The van der Waals surface area contributed by atoms with Gasteiger partial charge in [-0.05, 0) is 32.0 Å². The molecule has 82 valence electrons. The molecule has 1 amide bonds. The van der Waals surface area contributed by atoms with Crippen LogP contribution in [0.15, 0.2) is 18.2 Å². The highest BCUT2D eigenvalue weighted by Gasteiger charge is 2.27. The highest BCUT2D eigenvalue weighted by atomic mass is 35.5. The molecule has 0 saturated heterocycles. The maximum atomic E-state index is 12.7. The smallest absolute Gasteiger partial charge is 0.261 e. The van der Waals surface area contributed by atoms with E-state index >= 15 is 0 Å². The standard InChI is InChI=1S/C10H11ClFNO2/c1-10(2,9(13)14)15-8-4-3-6(12)5-7(8)11/h3-5H,1-2H3,(H2,13,14). The van der Waals surface area contributed by atoms with E-state index in [1.54, 1.807) is 0 Å². The van der Waals surface area contributed by atoms with Gasteiger partial charge in [0.05, 0.1) is 5.02 Å². The minimum Gasteiger partial charge on any atom is -0.476 e. The number of ether oxygens (including phenoxy) is 1. The number of carbonyl (C=O) groups is 1. The Morgan fingerprint density at radius 3 is 2.60 bits per heavy atom. The maximum Gasteiger partial charge on any atom is 0.261 e. The summed E-state index contributed by atoms with van der Waals surface area (Å²) in [4.78, 5) is 11.0. The normalized spacial score (nSPS) is 11.2. The number of hydrogen-bond donors (Lipinski definition) is 1. The Morgan fingerprint density at radius 1 is 1.53 bits per heavy atom. The summed E-state index contributed by atoms with van der Waals surface area (Å²) in [5.41, 5.74) is 3.94. The van der Waals surface area contributed by atoms with Crippen LogP contribution in [0.2, 0.25) is 5.02 Å². The molecular weight excluding hydrogens is 221 g/mol. The van der Waals surface area contributed by atoms with Gasteiger partial charge in [-0.3, -0.25) is 4.79 Å². The number of primary amides is 1. The zero-order valence-electron chi connectivity index (χ0n) is 8.38. The van der Waals surface area contributed by atoms with E-state index < -0.39 is 17.3 Å². The van der Waals surface area contributed by atoms with Crippen LogP contribution >= 0.6 is 11.6 Å². The maximum absolute atomic E-state index is 12.7. The third-order valence-electron chi connectivity index (χ3n) is 1.85. The lowest BCUT2D eigenvalue weighted by molar-refractivity contribution is -0.130. The summed E-state index contributed by atoms with van der Waals surface area (Å²) < 4.78 is 18.0. The van der Waals surface area contributed by atoms with Gasteiger partial charge in [-0.25, -0.2) is 4.39 Å². The summed E-state index contributed by atoms with van der Waals surface area (Å²) in [6, 6.07) is 3.65. The van der Waals surface area contributed by atoms with Crippen molar-refractivity contribution in [1.29, 1.82) is 0 Å². The highest BCUT2D eigenvalue weighted by Crippen LogP contribution is 2.28. The van der Waals surface area contributed by atoms with Crippen LogP contribution in [0.3, 0.4) is 0 Å². The second-order valence-electron chi connectivity index (χ2n) is 3.55. The highest BCUT2D eigenvalue weighted by molar-refractivity contribution is 6.32. The van der Waals surface area contributed by atoms with Gasteiger partial charge in [0.25, 0.3) is 5.91 Å². The van der Waals surface area contributed by atoms with Crippen LogP contribution < -0.4 is 10.5 Å². The minimum atomic E-state index is -1.18. The molecule has 0 radical (unpaired) electrons. The Morgan fingerprint density at radius 2 is 2.13 bits per heavy atom. The van der Waals surface area contributed by atoms with Crippen molar-refractivity contribution in [3.8, 4) is 5.75 Å². The van der Waals surface area contributed by atoms with Crippen LogP contribution in [-0.4, -0.2) is 11.5 Å². The number of nitrogens with two attached hydrogens (primary N) is 1. The van der Waals surface area contributed by atoms with Crippen molar-refractivity contribution in [3.63, 3.8) is 0 Å². The van der Waals surface area contributed by atoms with E-state index in [1.807, 2.05) is 0 Å². The molecule has 15 heavy (non-hydrogen) atoms. The zero-order chi connectivity index (χ0) is 11.6. The molecule has 1 aromatic carbocycles. The van der Waals surface area contributed by atoms with Gasteiger partial charge in [0.1, 0.15) is 11.6 Å². The molecule has 0 aliphatic heterocycles. The number of halogens is 2. The fourth-order valence-corrected chi connectivity index (χ4v) is 1.09. The topological polar surface area (TPSA) is 52.3 Å². The Kier molecular flexibility index (Phi) is 3.19. The fraction of sp³-hybridized carbons (Fsp3) is 0.300. The number of hydrogen-bond acceptors (Lipinski definition) is 2. The van der Waals surface area contributed by atoms with E-state index in [0.29, 0.717) is 0 Å². The Labute approximate surface area is 92.0 Å². The zero-order valence-corrected chi connectivity index (χ0v) is 9.14. The van der Waals surface area contributed by atoms with E-state index in [0.717, 1.165) is 6.07 Å². The molecule has 0 fully saturated rings. The van der Waals surface area contributed by atoms with E-state index in [1.165, 1.54) is 26.0 Å². The first-order valence-electron chi connectivity index (χ1n) is 4.27. The first-order valence-corrected chi connectivity index (χ1v) is 4.65. The van der Waals surface area contributed by atoms with Crippen molar-refractivity contribution in [2.75, 3.05) is 0 Å². The average Bonchev–Trinajstić information content (AvgIpc) is 2.09. The van der Waals surface area contributed by atoms with Crippen molar-refractivity contribution in [3.05, 3.63) is 29.0 Å². The van der Waals surface area contributed by atoms with Crippen LogP contribution in [0.1, 0.15) is 13.8 Å². The Balaban J connectivity index is 2.95. The van der Waals surface area contributed by atoms with E-state index in [9.17, 15) is 9.18 Å². The lowest BCUT2D eigenvalue weighted by atomic mass is 10.1. The third-order valence-corrected chi connectivity index (χ3v) is 2.15. The van der Waals surface area contributed by atoms with Crippen LogP contribution in [0, 0.1) is 5.82 Å². The monoisotopic (exact) mass is 231 g/mol. The summed E-state index contributed by atoms with van der Waals surface area (Å²) in [5.74, 6) is -0.867. The molecule has 0 saturated carbocycles. The molecule has 0 atom stereocenters. The number of carbonyl (C=O) groups excluding carboxylic acids is 1. The van der Waals surface area contributed by atoms with E-state index in [-0.39, 0.29) is 10.8 Å². The van der Waals surface area contributed by atoms with Crippen LogP contribution in [-0.2, 0) is 4.79 Å². The predicted octanol–water partition coefficient (Wildman–Crippen LogP) is 2.12. The number of benzene rings is 1. The lowest BCUT2D eigenvalue weighted by Gasteiger charge is -2.23. The van der Waals surface area contributed by atoms with Crippen LogP contribution in [0.4, 0.5) is 4.39 Å². The van der Waals surface area contributed by atoms with Crippen LogP contribution in [0.25, 0.3) is 0 Å². The van der Waals surface area contributed by atoms with Gasteiger partial charge >= 0.3 is 0 Å². The van der Waals surface area contributed by atoms with Gasteiger partial charge in [-0.1, -0.05) is 11.6 Å². The molecule has 0 aliphatic rings. The van der Waals surface area contributed by atoms with Crippen molar-refractivity contribution in [1.82, 2.24) is 0 Å².